The molecule has 1 heterocycles. The third-order valence-electron chi connectivity index (χ3n) is 2.54. The maximum atomic E-state index is 11.1. The third-order valence-corrected chi connectivity index (χ3v) is 3.05. The summed E-state index contributed by atoms with van der Waals surface area (Å²) in [5.74, 6) is 0.0912. The lowest BCUT2D eigenvalue weighted by Crippen LogP contribution is -2.15. The predicted molar refractivity (Wildman–Crippen MR) is 56.7 cm³/mol. The molecule has 0 aromatic rings. The van der Waals surface area contributed by atoms with Gasteiger partial charge in [0.15, 0.2) is 0 Å². The van der Waals surface area contributed by atoms with Crippen LogP contribution in [0.1, 0.15) is 26.2 Å². The smallest absolute Gasteiger partial charge is 0.228 e. The summed E-state index contributed by atoms with van der Waals surface area (Å²) in [5, 5.41) is 3.74. The van der Waals surface area contributed by atoms with Crippen LogP contribution in [0.5, 0.6) is 0 Å². The number of allylic oxidation sites excluding steroid dienone is 4. The van der Waals surface area contributed by atoms with Crippen LogP contribution in [0.2, 0.25) is 0 Å². The van der Waals surface area contributed by atoms with E-state index in [9.17, 15) is 4.79 Å². The van der Waals surface area contributed by atoms with Gasteiger partial charge >= 0.3 is 0 Å². The lowest BCUT2D eigenvalue weighted by atomic mass is 9.98. The Bertz CT molecular complexity index is 377. The molecule has 0 atom stereocenters. The fourth-order valence-electron chi connectivity index (χ4n) is 1.75. The molecule has 14 heavy (non-hydrogen) atoms. The SMILES string of the molecule is CC/C(Cl)=C1\C=CC2=C(C1)NC(=O)C2. The average molecular weight is 210 g/mol. The molecule has 0 radical (unpaired) electrons. The van der Waals surface area contributed by atoms with Crippen molar-refractivity contribution in [3.8, 4) is 0 Å². The maximum absolute atomic E-state index is 11.1. The zero-order valence-electron chi connectivity index (χ0n) is 8.06. The van der Waals surface area contributed by atoms with E-state index < -0.39 is 0 Å². The molecule has 2 rings (SSSR count). The summed E-state index contributed by atoms with van der Waals surface area (Å²) in [4.78, 5) is 11.1. The molecule has 1 N–H and O–H groups in total. The molecule has 2 nitrogen and oxygen atoms in total. The van der Waals surface area contributed by atoms with E-state index in [-0.39, 0.29) is 5.91 Å². The first-order valence-corrected chi connectivity index (χ1v) is 5.16. The Hall–Kier alpha value is -1.02. The van der Waals surface area contributed by atoms with Crippen molar-refractivity contribution in [2.45, 2.75) is 26.2 Å². The number of rotatable bonds is 1. The van der Waals surface area contributed by atoms with E-state index in [0.29, 0.717) is 6.42 Å². The largest absolute Gasteiger partial charge is 0.329 e. The van der Waals surface area contributed by atoms with Gasteiger partial charge in [0.1, 0.15) is 0 Å². The molecule has 0 saturated heterocycles. The van der Waals surface area contributed by atoms with Crippen LogP contribution >= 0.6 is 11.6 Å². The minimum atomic E-state index is 0.0912. The van der Waals surface area contributed by atoms with E-state index in [1.807, 2.05) is 19.1 Å². The quantitative estimate of drug-likeness (QED) is 0.707. The number of amides is 1. The van der Waals surface area contributed by atoms with Crippen molar-refractivity contribution >= 4 is 17.5 Å². The van der Waals surface area contributed by atoms with Crippen molar-refractivity contribution in [2.75, 3.05) is 0 Å². The van der Waals surface area contributed by atoms with E-state index in [4.69, 9.17) is 11.6 Å². The van der Waals surface area contributed by atoms with Gasteiger partial charge in [-0.2, -0.15) is 0 Å². The van der Waals surface area contributed by atoms with Gasteiger partial charge in [-0.3, -0.25) is 4.79 Å². The Kier molecular flexibility index (Phi) is 2.46. The number of carbonyl (C=O) groups excluding carboxylic acids is 1. The van der Waals surface area contributed by atoms with E-state index in [2.05, 4.69) is 5.32 Å². The van der Waals surface area contributed by atoms with Gasteiger partial charge in [-0.25, -0.2) is 0 Å². The highest BCUT2D eigenvalue weighted by Crippen LogP contribution is 2.30. The molecule has 0 unspecified atom stereocenters. The highest BCUT2D eigenvalue weighted by atomic mass is 35.5. The predicted octanol–water partition coefficient (Wildman–Crippen LogP) is 2.62. The molecule has 0 aromatic carbocycles. The number of carbonyl (C=O) groups is 1. The highest BCUT2D eigenvalue weighted by Gasteiger charge is 2.22. The van der Waals surface area contributed by atoms with Crippen molar-refractivity contribution in [1.82, 2.24) is 5.32 Å². The Labute approximate surface area is 88.3 Å². The number of hydrogen-bond acceptors (Lipinski definition) is 1. The van der Waals surface area contributed by atoms with Gasteiger partial charge in [-0.15, -0.1) is 0 Å². The second kappa shape index (κ2) is 3.62. The molecule has 0 fully saturated rings. The van der Waals surface area contributed by atoms with Crippen molar-refractivity contribution in [3.63, 3.8) is 0 Å². The van der Waals surface area contributed by atoms with Gasteiger partial charge in [0, 0.05) is 17.2 Å². The first-order chi connectivity index (χ1) is 6.70. The number of halogens is 1. The fraction of sp³-hybridized carbons (Fsp3) is 0.364. The van der Waals surface area contributed by atoms with Gasteiger partial charge in [0.25, 0.3) is 0 Å². The van der Waals surface area contributed by atoms with Crippen LogP contribution in [0.15, 0.2) is 34.0 Å². The summed E-state index contributed by atoms with van der Waals surface area (Å²) in [6.45, 7) is 2.03. The average Bonchev–Trinajstić information content (AvgIpc) is 2.55. The molecule has 0 bridgehead atoms. The minimum Gasteiger partial charge on any atom is -0.329 e. The molecule has 1 aliphatic carbocycles. The van der Waals surface area contributed by atoms with Gasteiger partial charge in [0.2, 0.25) is 5.91 Å². The summed E-state index contributed by atoms with van der Waals surface area (Å²) >= 11 is 6.06. The standard InChI is InChI=1S/C11H12ClNO/c1-2-9(12)7-3-4-8-6-11(14)13-10(8)5-7/h3-4H,2,5-6H2,1H3,(H,13,14)/b9-7-. The normalized spacial score (nSPS) is 23.7. The summed E-state index contributed by atoms with van der Waals surface area (Å²) in [6, 6.07) is 0. The van der Waals surface area contributed by atoms with Gasteiger partial charge in [0.05, 0.1) is 6.42 Å². The van der Waals surface area contributed by atoms with Crippen LogP contribution < -0.4 is 5.32 Å². The Morgan fingerprint density at radius 1 is 1.50 bits per heavy atom. The summed E-state index contributed by atoms with van der Waals surface area (Å²) < 4.78 is 0. The summed E-state index contributed by atoms with van der Waals surface area (Å²) in [7, 11) is 0. The Morgan fingerprint density at radius 3 is 3.00 bits per heavy atom. The lowest BCUT2D eigenvalue weighted by molar-refractivity contribution is -0.118. The molecule has 0 spiro atoms. The van der Waals surface area contributed by atoms with Gasteiger partial charge in [-0.1, -0.05) is 30.7 Å². The molecule has 1 aliphatic heterocycles. The first-order valence-electron chi connectivity index (χ1n) is 4.78. The second-order valence-corrected chi connectivity index (χ2v) is 3.98. The highest BCUT2D eigenvalue weighted by molar-refractivity contribution is 6.30. The van der Waals surface area contributed by atoms with Gasteiger partial charge in [-0.05, 0) is 17.6 Å². The Balaban J connectivity index is 2.24. The topological polar surface area (TPSA) is 29.1 Å². The van der Waals surface area contributed by atoms with Crippen LogP contribution in [-0.4, -0.2) is 5.91 Å². The monoisotopic (exact) mass is 209 g/mol. The second-order valence-electron chi connectivity index (χ2n) is 3.52. The zero-order chi connectivity index (χ0) is 10.1. The summed E-state index contributed by atoms with van der Waals surface area (Å²) in [6.07, 6.45) is 6.14. The van der Waals surface area contributed by atoms with Crippen LogP contribution in [0, 0.1) is 0 Å². The van der Waals surface area contributed by atoms with E-state index in [1.54, 1.807) is 0 Å². The maximum Gasteiger partial charge on any atom is 0.228 e. The van der Waals surface area contributed by atoms with Crippen LogP contribution in [-0.2, 0) is 4.79 Å². The van der Waals surface area contributed by atoms with E-state index >= 15 is 0 Å². The molecule has 2 aliphatic rings. The molecule has 0 saturated carbocycles. The van der Waals surface area contributed by atoms with Crippen molar-refractivity contribution in [3.05, 3.63) is 34.0 Å². The first kappa shape index (κ1) is 9.53. The summed E-state index contributed by atoms with van der Waals surface area (Å²) in [5.41, 5.74) is 3.26. The van der Waals surface area contributed by atoms with Crippen LogP contribution in [0.4, 0.5) is 0 Å². The third kappa shape index (κ3) is 1.62. The molecular weight excluding hydrogens is 198 g/mol. The number of hydrogen-bond donors (Lipinski definition) is 1. The minimum absolute atomic E-state index is 0.0912. The van der Waals surface area contributed by atoms with E-state index in [1.165, 1.54) is 0 Å². The van der Waals surface area contributed by atoms with Crippen LogP contribution in [0.25, 0.3) is 0 Å². The molecule has 74 valence electrons. The molecule has 3 heteroatoms. The van der Waals surface area contributed by atoms with E-state index in [0.717, 1.165) is 34.7 Å². The van der Waals surface area contributed by atoms with Crippen molar-refractivity contribution in [1.29, 1.82) is 0 Å². The van der Waals surface area contributed by atoms with Crippen molar-refractivity contribution < 1.29 is 4.79 Å². The van der Waals surface area contributed by atoms with Crippen LogP contribution in [0.3, 0.4) is 0 Å². The molecule has 0 aromatic heterocycles. The molecule has 1 amide bonds. The lowest BCUT2D eigenvalue weighted by Gasteiger charge is -2.12. The zero-order valence-corrected chi connectivity index (χ0v) is 8.82. The van der Waals surface area contributed by atoms with Gasteiger partial charge < -0.3 is 5.32 Å². The fourth-order valence-corrected chi connectivity index (χ4v) is 1.88. The number of nitrogens with one attached hydrogen (secondary N) is 1. The Morgan fingerprint density at radius 2 is 2.29 bits per heavy atom. The van der Waals surface area contributed by atoms with Crippen molar-refractivity contribution in [2.24, 2.45) is 0 Å². The molecular formula is C11H12ClNO.